The van der Waals surface area contributed by atoms with Gasteiger partial charge in [0, 0.05) is 15.5 Å². The maximum Gasteiger partial charge on any atom is 0.0420 e. The van der Waals surface area contributed by atoms with Crippen molar-refractivity contribution in [2.75, 3.05) is 0 Å². The molecule has 1 nitrogen and oxygen atoms in total. The van der Waals surface area contributed by atoms with Crippen molar-refractivity contribution >= 4 is 27.5 Å². The van der Waals surface area contributed by atoms with Crippen molar-refractivity contribution in [2.24, 2.45) is 5.73 Å². The number of halogens is 2. The van der Waals surface area contributed by atoms with Crippen molar-refractivity contribution in [3.05, 3.63) is 68.1 Å². The first-order valence-electron chi connectivity index (χ1n) is 6.24. The summed E-state index contributed by atoms with van der Waals surface area (Å²) in [5.74, 6) is 0. The molecule has 2 N–H and O–H groups in total. The summed E-state index contributed by atoms with van der Waals surface area (Å²) in [6.45, 7) is 4.26. The highest BCUT2D eigenvalue weighted by Crippen LogP contribution is 2.26. The smallest absolute Gasteiger partial charge is 0.0420 e. The van der Waals surface area contributed by atoms with E-state index in [1.807, 2.05) is 18.2 Å². The lowest BCUT2D eigenvalue weighted by Crippen LogP contribution is -2.14. The Labute approximate surface area is 127 Å². The second-order valence-electron chi connectivity index (χ2n) is 4.88. The fourth-order valence-corrected chi connectivity index (χ4v) is 3.18. The lowest BCUT2D eigenvalue weighted by molar-refractivity contribution is 0.715. The molecule has 0 spiro atoms. The number of nitrogens with two attached hydrogens (primary N) is 1. The minimum Gasteiger partial charge on any atom is -0.324 e. The Kier molecular flexibility index (Phi) is 4.67. The summed E-state index contributed by atoms with van der Waals surface area (Å²) in [5, 5.41) is 0.710. The highest BCUT2D eigenvalue weighted by Gasteiger charge is 2.12. The maximum atomic E-state index is 6.32. The molecular formula is C16H17BrClN. The zero-order chi connectivity index (χ0) is 14.0. The Balaban J connectivity index is 2.28. The van der Waals surface area contributed by atoms with Crippen LogP contribution in [-0.2, 0) is 6.42 Å². The minimum atomic E-state index is -0.0465. The summed E-state index contributed by atoms with van der Waals surface area (Å²) >= 11 is 9.53. The number of rotatable bonds is 3. The Morgan fingerprint density at radius 1 is 1.16 bits per heavy atom. The fourth-order valence-electron chi connectivity index (χ4n) is 2.30. The molecule has 0 aliphatic carbocycles. The van der Waals surface area contributed by atoms with Crippen molar-refractivity contribution in [1.29, 1.82) is 0 Å². The highest BCUT2D eigenvalue weighted by atomic mass is 79.9. The van der Waals surface area contributed by atoms with Gasteiger partial charge in [-0.1, -0.05) is 45.7 Å². The second kappa shape index (κ2) is 6.08. The third kappa shape index (κ3) is 3.59. The van der Waals surface area contributed by atoms with E-state index in [0.717, 1.165) is 16.5 Å². The normalized spacial score (nSPS) is 12.5. The average molecular weight is 339 g/mol. The molecule has 0 aliphatic heterocycles. The quantitative estimate of drug-likeness (QED) is 0.841. The van der Waals surface area contributed by atoms with E-state index in [9.17, 15) is 0 Å². The molecule has 0 saturated carbocycles. The number of aryl methyl sites for hydroxylation is 2. The zero-order valence-electron chi connectivity index (χ0n) is 11.1. The topological polar surface area (TPSA) is 26.0 Å². The van der Waals surface area contributed by atoms with E-state index < -0.39 is 0 Å². The van der Waals surface area contributed by atoms with Gasteiger partial charge in [-0.05, 0) is 60.7 Å². The Morgan fingerprint density at radius 2 is 1.79 bits per heavy atom. The van der Waals surface area contributed by atoms with Gasteiger partial charge in [-0.25, -0.2) is 0 Å². The summed E-state index contributed by atoms with van der Waals surface area (Å²) in [6, 6.07) is 12.1. The molecule has 19 heavy (non-hydrogen) atoms. The summed E-state index contributed by atoms with van der Waals surface area (Å²) in [7, 11) is 0. The van der Waals surface area contributed by atoms with Crippen LogP contribution in [0.1, 0.15) is 28.3 Å². The lowest BCUT2D eigenvalue weighted by Gasteiger charge is -2.16. The van der Waals surface area contributed by atoms with Crippen LogP contribution in [0.2, 0.25) is 5.02 Å². The first-order chi connectivity index (χ1) is 8.97. The van der Waals surface area contributed by atoms with Crippen LogP contribution in [0.25, 0.3) is 0 Å². The standard InChI is InChI=1S/C16H17BrClN/c1-10-4-3-5-11(2)15(10)9-16(19)12-6-13(17)8-14(18)7-12/h3-8,16H,9,19H2,1-2H3. The molecule has 0 aromatic heterocycles. The molecule has 2 aromatic rings. The summed E-state index contributed by atoms with van der Waals surface area (Å²) in [5.41, 5.74) is 11.3. The molecule has 2 rings (SSSR count). The molecule has 0 saturated heterocycles. The van der Waals surface area contributed by atoms with E-state index in [-0.39, 0.29) is 6.04 Å². The molecule has 100 valence electrons. The molecule has 1 atom stereocenters. The molecule has 0 radical (unpaired) electrons. The average Bonchev–Trinajstić information content (AvgIpc) is 2.32. The summed E-state index contributed by atoms with van der Waals surface area (Å²) in [4.78, 5) is 0. The van der Waals surface area contributed by atoms with Gasteiger partial charge in [-0.15, -0.1) is 0 Å². The molecule has 0 fully saturated rings. The number of hydrogen-bond donors (Lipinski definition) is 1. The van der Waals surface area contributed by atoms with Crippen LogP contribution in [0, 0.1) is 13.8 Å². The SMILES string of the molecule is Cc1cccc(C)c1CC(N)c1cc(Cl)cc(Br)c1. The fraction of sp³-hybridized carbons (Fsp3) is 0.250. The van der Waals surface area contributed by atoms with E-state index in [4.69, 9.17) is 17.3 Å². The zero-order valence-corrected chi connectivity index (χ0v) is 13.4. The molecule has 0 bridgehead atoms. The maximum absolute atomic E-state index is 6.32. The van der Waals surface area contributed by atoms with E-state index in [1.165, 1.54) is 16.7 Å². The van der Waals surface area contributed by atoms with Crippen LogP contribution >= 0.6 is 27.5 Å². The molecule has 0 aliphatic rings. The molecular weight excluding hydrogens is 322 g/mol. The third-order valence-electron chi connectivity index (χ3n) is 3.38. The minimum absolute atomic E-state index is 0.0465. The monoisotopic (exact) mass is 337 g/mol. The molecule has 0 heterocycles. The summed E-state index contributed by atoms with van der Waals surface area (Å²) in [6.07, 6.45) is 0.825. The van der Waals surface area contributed by atoms with Crippen molar-refractivity contribution in [3.8, 4) is 0 Å². The van der Waals surface area contributed by atoms with Crippen molar-refractivity contribution in [2.45, 2.75) is 26.3 Å². The van der Waals surface area contributed by atoms with Gasteiger partial charge in [-0.3, -0.25) is 0 Å². The van der Waals surface area contributed by atoms with Gasteiger partial charge in [0.2, 0.25) is 0 Å². The van der Waals surface area contributed by atoms with E-state index >= 15 is 0 Å². The van der Waals surface area contributed by atoms with Crippen LogP contribution in [0.3, 0.4) is 0 Å². The molecule has 2 aromatic carbocycles. The van der Waals surface area contributed by atoms with Crippen LogP contribution in [-0.4, -0.2) is 0 Å². The van der Waals surface area contributed by atoms with E-state index in [1.54, 1.807) is 0 Å². The predicted octanol–water partition coefficient (Wildman–Crippen LogP) is 4.96. The Hall–Kier alpha value is -0.830. The van der Waals surface area contributed by atoms with Gasteiger partial charge in [0.05, 0.1) is 0 Å². The summed E-state index contributed by atoms with van der Waals surface area (Å²) < 4.78 is 0.965. The highest BCUT2D eigenvalue weighted by molar-refractivity contribution is 9.10. The molecule has 0 amide bonds. The molecule has 1 unspecified atom stereocenters. The third-order valence-corrected chi connectivity index (χ3v) is 4.06. The van der Waals surface area contributed by atoms with Crippen LogP contribution in [0.4, 0.5) is 0 Å². The predicted molar refractivity (Wildman–Crippen MR) is 85.7 cm³/mol. The van der Waals surface area contributed by atoms with Gasteiger partial charge < -0.3 is 5.73 Å². The van der Waals surface area contributed by atoms with E-state index in [0.29, 0.717) is 5.02 Å². The molecule has 3 heteroatoms. The van der Waals surface area contributed by atoms with Crippen LogP contribution in [0.15, 0.2) is 40.9 Å². The Morgan fingerprint density at radius 3 is 2.37 bits per heavy atom. The number of benzene rings is 2. The van der Waals surface area contributed by atoms with Gasteiger partial charge in [-0.2, -0.15) is 0 Å². The first kappa shape index (κ1) is 14.6. The van der Waals surface area contributed by atoms with Gasteiger partial charge in [0.15, 0.2) is 0 Å². The van der Waals surface area contributed by atoms with Crippen LogP contribution < -0.4 is 5.73 Å². The number of hydrogen-bond acceptors (Lipinski definition) is 1. The van der Waals surface area contributed by atoms with Crippen molar-refractivity contribution in [3.63, 3.8) is 0 Å². The van der Waals surface area contributed by atoms with Crippen molar-refractivity contribution < 1.29 is 0 Å². The largest absolute Gasteiger partial charge is 0.324 e. The lowest BCUT2D eigenvalue weighted by atomic mass is 9.93. The van der Waals surface area contributed by atoms with E-state index in [2.05, 4.69) is 48.0 Å². The Bertz CT molecular complexity index is 555. The second-order valence-corrected chi connectivity index (χ2v) is 6.24. The van der Waals surface area contributed by atoms with Gasteiger partial charge >= 0.3 is 0 Å². The van der Waals surface area contributed by atoms with Gasteiger partial charge in [0.25, 0.3) is 0 Å². The van der Waals surface area contributed by atoms with Crippen molar-refractivity contribution in [1.82, 2.24) is 0 Å². The van der Waals surface area contributed by atoms with Crippen LogP contribution in [0.5, 0.6) is 0 Å². The first-order valence-corrected chi connectivity index (χ1v) is 7.41. The van der Waals surface area contributed by atoms with Gasteiger partial charge in [0.1, 0.15) is 0 Å².